The van der Waals surface area contributed by atoms with Crippen molar-refractivity contribution in [2.24, 2.45) is 0 Å². The average molecular weight is 417 g/mol. The molecule has 9 heteroatoms. The number of hydrogen-bond acceptors (Lipinski definition) is 8. The van der Waals surface area contributed by atoms with Gasteiger partial charge < -0.3 is 15.7 Å². The smallest absolute Gasteiger partial charge is 0.186 e. The van der Waals surface area contributed by atoms with Gasteiger partial charge in [-0.3, -0.25) is 0 Å². The highest BCUT2D eigenvalue weighted by Crippen LogP contribution is 2.38. The average Bonchev–Trinajstić information content (AvgIpc) is 3.08. The van der Waals surface area contributed by atoms with Crippen LogP contribution in [-0.2, 0) is 9.84 Å². The summed E-state index contributed by atoms with van der Waals surface area (Å²) in [7, 11) is -3.74. The second-order valence-corrected chi connectivity index (χ2v) is 11.2. The lowest BCUT2D eigenvalue weighted by atomic mass is 10.2. The van der Waals surface area contributed by atoms with Gasteiger partial charge >= 0.3 is 0 Å². The summed E-state index contributed by atoms with van der Waals surface area (Å²) in [4.78, 5) is 9.51. The van der Waals surface area contributed by atoms with Crippen LogP contribution in [0.3, 0.4) is 0 Å². The lowest BCUT2D eigenvalue weighted by Crippen LogP contribution is -2.28. The van der Waals surface area contributed by atoms with Gasteiger partial charge in [0, 0.05) is 22.0 Å². The van der Waals surface area contributed by atoms with Gasteiger partial charge in [0.2, 0.25) is 0 Å². The quantitative estimate of drug-likeness (QED) is 0.586. The lowest BCUT2D eigenvalue weighted by Gasteiger charge is -2.20. The van der Waals surface area contributed by atoms with Crippen molar-refractivity contribution in [3.63, 3.8) is 0 Å². The SMILES string of the molecule is CC(C)(C)S(=O)(=O)c1cc2c(Nc3ccc4c(c3)NCS4)ncnc2cc1O. The Kier molecular flexibility index (Phi) is 4.39. The Morgan fingerprint density at radius 2 is 1.96 bits per heavy atom. The number of rotatable bonds is 3. The van der Waals surface area contributed by atoms with Crippen LogP contribution in [0.5, 0.6) is 5.75 Å². The summed E-state index contributed by atoms with van der Waals surface area (Å²) in [5.41, 5.74) is 2.32. The van der Waals surface area contributed by atoms with Crippen molar-refractivity contribution in [1.82, 2.24) is 9.97 Å². The van der Waals surface area contributed by atoms with E-state index in [9.17, 15) is 13.5 Å². The van der Waals surface area contributed by atoms with Gasteiger partial charge in [0.25, 0.3) is 0 Å². The van der Waals surface area contributed by atoms with Crippen molar-refractivity contribution in [1.29, 1.82) is 0 Å². The minimum Gasteiger partial charge on any atom is -0.507 e. The zero-order chi connectivity index (χ0) is 20.1. The zero-order valence-electron chi connectivity index (χ0n) is 15.6. The Labute approximate surface area is 167 Å². The molecule has 1 aromatic heterocycles. The maximum absolute atomic E-state index is 12.9. The van der Waals surface area contributed by atoms with Crippen molar-refractivity contribution < 1.29 is 13.5 Å². The molecule has 3 N–H and O–H groups in total. The van der Waals surface area contributed by atoms with E-state index in [4.69, 9.17) is 0 Å². The molecule has 3 aromatic rings. The molecular weight excluding hydrogens is 396 g/mol. The van der Waals surface area contributed by atoms with Gasteiger partial charge in [0.05, 0.1) is 21.8 Å². The van der Waals surface area contributed by atoms with E-state index in [1.165, 1.54) is 23.4 Å². The molecule has 0 radical (unpaired) electrons. The fourth-order valence-electron chi connectivity index (χ4n) is 2.92. The first-order valence-corrected chi connectivity index (χ1v) is 11.1. The lowest BCUT2D eigenvalue weighted by molar-refractivity contribution is 0.457. The first-order chi connectivity index (χ1) is 13.2. The monoisotopic (exact) mass is 416 g/mol. The van der Waals surface area contributed by atoms with Crippen LogP contribution in [0, 0.1) is 0 Å². The van der Waals surface area contributed by atoms with E-state index in [1.807, 2.05) is 18.2 Å². The molecule has 0 saturated heterocycles. The number of aromatic hydroxyl groups is 1. The molecule has 1 aliphatic heterocycles. The predicted octanol–water partition coefficient (Wildman–Crippen LogP) is 4.13. The summed E-state index contributed by atoms with van der Waals surface area (Å²) in [6.07, 6.45) is 1.38. The molecule has 2 heterocycles. The third kappa shape index (κ3) is 3.14. The number of phenols is 1. The summed E-state index contributed by atoms with van der Waals surface area (Å²) in [6, 6.07) is 8.75. The number of sulfone groups is 1. The number of nitrogens with one attached hydrogen (secondary N) is 2. The van der Waals surface area contributed by atoms with Crippen LogP contribution in [0.15, 0.2) is 46.5 Å². The topological polar surface area (TPSA) is 104 Å². The van der Waals surface area contributed by atoms with Gasteiger partial charge in [-0.2, -0.15) is 0 Å². The minimum absolute atomic E-state index is 0.127. The van der Waals surface area contributed by atoms with E-state index in [0.717, 1.165) is 17.3 Å². The molecule has 2 aromatic carbocycles. The Bertz CT molecular complexity index is 1190. The van der Waals surface area contributed by atoms with Crippen molar-refractivity contribution in [3.05, 3.63) is 36.7 Å². The maximum atomic E-state index is 12.9. The third-order valence-electron chi connectivity index (χ3n) is 4.54. The van der Waals surface area contributed by atoms with Gasteiger partial charge in [-0.25, -0.2) is 18.4 Å². The van der Waals surface area contributed by atoms with Crippen LogP contribution in [0.4, 0.5) is 17.2 Å². The predicted molar refractivity (Wildman–Crippen MR) is 112 cm³/mol. The first-order valence-electron chi connectivity index (χ1n) is 8.67. The van der Waals surface area contributed by atoms with Crippen LogP contribution >= 0.6 is 11.8 Å². The van der Waals surface area contributed by atoms with Crippen LogP contribution in [0.1, 0.15) is 20.8 Å². The highest BCUT2D eigenvalue weighted by Gasteiger charge is 2.33. The molecule has 0 spiro atoms. The van der Waals surface area contributed by atoms with Crippen LogP contribution in [0.25, 0.3) is 10.9 Å². The maximum Gasteiger partial charge on any atom is 0.186 e. The molecule has 1 aliphatic rings. The molecule has 0 unspecified atom stereocenters. The van der Waals surface area contributed by atoms with Crippen molar-refractivity contribution in [3.8, 4) is 5.75 Å². The molecule has 28 heavy (non-hydrogen) atoms. The summed E-state index contributed by atoms with van der Waals surface area (Å²) in [5, 5.41) is 17.4. The van der Waals surface area contributed by atoms with Gasteiger partial charge in [-0.15, -0.1) is 11.8 Å². The summed E-state index contributed by atoms with van der Waals surface area (Å²) in [6.45, 7) is 4.80. The number of anilines is 3. The Morgan fingerprint density at radius 3 is 2.71 bits per heavy atom. The van der Waals surface area contributed by atoms with E-state index >= 15 is 0 Å². The Morgan fingerprint density at radius 1 is 1.18 bits per heavy atom. The van der Waals surface area contributed by atoms with E-state index < -0.39 is 14.6 Å². The van der Waals surface area contributed by atoms with Crippen molar-refractivity contribution >= 4 is 49.7 Å². The van der Waals surface area contributed by atoms with E-state index in [1.54, 1.807) is 32.5 Å². The summed E-state index contributed by atoms with van der Waals surface area (Å²) >= 11 is 1.73. The molecule has 0 fully saturated rings. The van der Waals surface area contributed by atoms with E-state index in [0.29, 0.717) is 16.7 Å². The van der Waals surface area contributed by atoms with Crippen molar-refractivity contribution in [2.45, 2.75) is 35.3 Å². The van der Waals surface area contributed by atoms with Crippen LogP contribution in [0.2, 0.25) is 0 Å². The van der Waals surface area contributed by atoms with Gasteiger partial charge in [0.1, 0.15) is 22.8 Å². The first kappa shape index (κ1) is 18.8. The molecular formula is C19H20N4O3S2. The van der Waals surface area contributed by atoms with Crippen LogP contribution < -0.4 is 10.6 Å². The molecule has 146 valence electrons. The van der Waals surface area contributed by atoms with E-state index in [2.05, 4.69) is 20.6 Å². The molecule has 0 aliphatic carbocycles. The molecule has 7 nitrogen and oxygen atoms in total. The molecule has 0 amide bonds. The minimum atomic E-state index is -3.74. The van der Waals surface area contributed by atoms with Gasteiger partial charge in [0.15, 0.2) is 9.84 Å². The number of aromatic nitrogens is 2. The van der Waals surface area contributed by atoms with Crippen molar-refractivity contribution in [2.75, 3.05) is 16.5 Å². The second kappa shape index (κ2) is 6.52. The summed E-state index contributed by atoms with van der Waals surface area (Å²) < 4.78 is 24.7. The Balaban J connectivity index is 1.83. The fraction of sp³-hybridized carbons (Fsp3) is 0.263. The van der Waals surface area contributed by atoms with Gasteiger partial charge in [-0.05, 0) is 45.0 Å². The molecule has 0 atom stereocenters. The fourth-order valence-corrected chi connectivity index (χ4v) is 5.02. The largest absolute Gasteiger partial charge is 0.507 e. The number of fused-ring (bicyclic) bond motifs is 2. The zero-order valence-corrected chi connectivity index (χ0v) is 17.3. The standard InChI is InChI=1S/C19H20N4O3S2/c1-19(2,3)28(25,26)17-7-12-13(8-15(17)24)20-9-21-18(12)23-11-4-5-16-14(6-11)22-10-27-16/h4-9,22,24H,10H2,1-3H3,(H,20,21,23). The molecule has 4 rings (SSSR count). The Hall–Kier alpha value is -2.52. The summed E-state index contributed by atoms with van der Waals surface area (Å²) in [5.74, 6) is 0.995. The third-order valence-corrected chi connectivity index (χ3v) is 8.02. The number of thioether (sulfide) groups is 1. The van der Waals surface area contributed by atoms with E-state index in [-0.39, 0.29) is 10.6 Å². The number of phenolic OH excluding ortho intramolecular Hbond substituents is 1. The normalized spacial score (nSPS) is 14.0. The number of nitrogens with zero attached hydrogens (tertiary/aromatic N) is 2. The number of hydrogen-bond donors (Lipinski definition) is 3. The second-order valence-electron chi connectivity index (χ2n) is 7.48. The highest BCUT2D eigenvalue weighted by atomic mass is 32.2. The number of benzene rings is 2. The molecule has 0 saturated carbocycles. The van der Waals surface area contributed by atoms with Gasteiger partial charge in [-0.1, -0.05) is 0 Å². The highest BCUT2D eigenvalue weighted by molar-refractivity contribution is 7.99. The van der Waals surface area contributed by atoms with Crippen LogP contribution in [-0.4, -0.2) is 34.1 Å². The molecule has 0 bridgehead atoms.